The van der Waals surface area contributed by atoms with Gasteiger partial charge >= 0.3 is 0 Å². The Morgan fingerprint density at radius 3 is 3.05 bits per heavy atom. The molecule has 2 aromatic rings. The van der Waals surface area contributed by atoms with Crippen LogP contribution in [-0.4, -0.2) is 29.7 Å². The molecule has 1 aliphatic heterocycles. The monoisotopic (exact) mass is 261 g/mol. The van der Waals surface area contributed by atoms with Crippen molar-refractivity contribution in [1.82, 2.24) is 15.3 Å². The first-order valence-electron chi connectivity index (χ1n) is 6.36. The van der Waals surface area contributed by atoms with Crippen LogP contribution in [0.4, 0.5) is 4.39 Å². The molecule has 1 aromatic heterocycles. The molecular formula is C14H16FN3O. The second-order valence-corrected chi connectivity index (χ2v) is 4.73. The van der Waals surface area contributed by atoms with Gasteiger partial charge in [0.15, 0.2) is 0 Å². The number of rotatable bonds is 2. The number of benzene rings is 1. The lowest BCUT2D eigenvalue weighted by atomic mass is 10.1. The van der Waals surface area contributed by atoms with Crippen LogP contribution < -0.4 is 5.32 Å². The minimum absolute atomic E-state index is 0.0813. The third kappa shape index (κ3) is 2.52. The summed E-state index contributed by atoms with van der Waals surface area (Å²) in [4.78, 5) is 7.57. The van der Waals surface area contributed by atoms with Crippen LogP contribution >= 0.6 is 0 Å². The number of nitrogens with zero attached hydrogens (tertiary/aromatic N) is 1. The molecule has 2 heterocycles. The Morgan fingerprint density at radius 2 is 2.32 bits per heavy atom. The zero-order valence-electron chi connectivity index (χ0n) is 10.7. The molecule has 0 aliphatic carbocycles. The van der Waals surface area contributed by atoms with E-state index in [0.717, 1.165) is 30.2 Å². The average molecular weight is 261 g/mol. The largest absolute Gasteiger partial charge is 0.378 e. The van der Waals surface area contributed by atoms with Crippen molar-refractivity contribution in [3.8, 4) is 11.3 Å². The first kappa shape index (κ1) is 12.3. The maximum Gasteiger partial charge on any atom is 0.126 e. The number of aromatic amines is 1. The predicted octanol–water partition coefficient (Wildman–Crippen LogP) is 2.19. The Kier molecular flexibility index (Phi) is 3.31. The lowest BCUT2D eigenvalue weighted by Gasteiger charge is -2.21. The van der Waals surface area contributed by atoms with Gasteiger partial charge in [0.1, 0.15) is 11.6 Å². The Hall–Kier alpha value is -1.72. The lowest BCUT2D eigenvalue weighted by Crippen LogP contribution is -2.35. The summed E-state index contributed by atoms with van der Waals surface area (Å²) in [6.45, 7) is 3.91. The van der Waals surface area contributed by atoms with Gasteiger partial charge in [0.05, 0.1) is 31.1 Å². The summed E-state index contributed by atoms with van der Waals surface area (Å²) < 4.78 is 19.0. The van der Waals surface area contributed by atoms with Crippen molar-refractivity contribution in [2.45, 2.75) is 13.0 Å². The molecule has 2 N–H and O–H groups in total. The van der Waals surface area contributed by atoms with Crippen LogP contribution in [0, 0.1) is 12.7 Å². The third-order valence-corrected chi connectivity index (χ3v) is 3.33. The molecule has 0 saturated carbocycles. The molecule has 1 aromatic carbocycles. The van der Waals surface area contributed by atoms with Crippen molar-refractivity contribution in [2.24, 2.45) is 0 Å². The molecule has 4 nitrogen and oxygen atoms in total. The van der Waals surface area contributed by atoms with E-state index in [1.54, 1.807) is 19.2 Å². The van der Waals surface area contributed by atoms with Gasteiger partial charge in [-0.25, -0.2) is 9.37 Å². The molecule has 100 valence electrons. The highest BCUT2D eigenvalue weighted by Crippen LogP contribution is 2.22. The van der Waals surface area contributed by atoms with Gasteiger partial charge in [-0.2, -0.15) is 0 Å². The first-order chi connectivity index (χ1) is 9.24. The Bertz CT molecular complexity index is 576. The minimum atomic E-state index is -0.201. The van der Waals surface area contributed by atoms with Crippen LogP contribution in [0.5, 0.6) is 0 Å². The van der Waals surface area contributed by atoms with E-state index in [0.29, 0.717) is 12.2 Å². The smallest absolute Gasteiger partial charge is 0.126 e. The van der Waals surface area contributed by atoms with Gasteiger partial charge in [-0.05, 0) is 18.6 Å². The number of aromatic nitrogens is 2. The highest BCUT2D eigenvalue weighted by Gasteiger charge is 2.18. The number of nitrogens with one attached hydrogen (secondary N) is 2. The number of hydrogen-bond donors (Lipinski definition) is 2. The van der Waals surface area contributed by atoms with Crippen molar-refractivity contribution >= 4 is 0 Å². The second kappa shape index (κ2) is 5.11. The van der Waals surface area contributed by atoms with Crippen LogP contribution in [0.3, 0.4) is 0 Å². The highest BCUT2D eigenvalue weighted by atomic mass is 19.1. The normalized spacial score (nSPS) is 19.6. The number of morpholine rings is 1. The Morgan fingerprint density at radius 1 is 1.42 bits per heavy atom. The molecule has 0 bridgehead atoms. The van der Waals surface area contributed by atoms with Crippen LogP contribution in [-0.2, 0) is 4.74 Å². The molecule has 19 heavy (non-hydrogen) atoms. The van der Waals surface area contributed by atoms with E-state index >= 15 is 0 Å². The molecule has 0 spiro atoms. The summed E-state index contributed by atoms with van der Waals surface area (Å²) in [5.74, 6) is 0.628. The molecule has 1 fully saturated rings. The SMILES string of the molecule is Cc1ccc(-c2cnc(C3COCCN3)[nH]2)cc1F. The fourth-order valence-corrected chi connectivity index (χ4v) is 2.16. The van der Waals surface area contributed by atoms with E-state index in [4.69, 9.17) is 4.74 Å². The maximum absolute atomic E-state index is 13.6. The van der Waals surface area contributed by atoms with Gasteiger partial charge in [-0.1, -0.05) is 12.1 Å². The molecule has 1 aliphatic rings. The van der Waals surface area contributed by atoms with E-state index in [2.05, 4.69) is 15.3 Å². The molecule has 1 unspecified atom stereocenters. The summed E-state index contributed by atoms with van der Waals surface area (Å²) >= 11 is 0. The average Bonchev–Trinajstić information content (AvgIpc) is 2.93. The van der Waals surface area contributed by atoms with Crippen molar-refractivity contribution < 1.29 is 9.13 Å². The van der Waals surface area contributed by atoms with Crippen LogP contribution in [0.2, 0.25) is 0 Å². The first-order valence-corrected chi connectivity index (χ1v) is 6.36. The van der Waals surface area contributed by atoms with Crippen molar-refractivity contribution in [1.29, 1.82) is 0 Å². The van der Waals surface area contributed by atoms with Crippen molar-refractivity contribution in [2.75, 3.05) is 19.8 Å². The van der Waals surface area contributed by atoms with E-state index in [9.17, 15) is 4.39 Å². The number of hydrogen-bond acceptors (Lipinski definition) is 3. The molecular weight excluding hydrogens is 245 g/mol. The summed E-state index contributed by atoms with van der Waals surface area (Å²) in [5.41, 5.74) is 2.27. The summed E-state index contributed by atoms with van der Waals surface area (Å²) in [7, 11) is 0. The second-order valence-electron chi connectivity index (χ2n) is 4.73. The van der Waals surface area contributed by atoms with Crippen molar-refractivity contribution in [3.63, 3.8) is 0 Å². The van der Waals surface area contributed by atoms with Crippen LogP contribution in [0.15, 0.2) is 24.4 Å². The van der Waals surface area contributed by atoms with Gasteiger partial charge in [-0.15, -0.1) is 0 Å². The summed E-state index contributed by atoms with van der Waals surface area (Å²) in [6.07, 6.45) is 1.73. The van der Waals surface area contributed by atoms with E-state index < -0.39 is 0 Å². The topological polar surface area (TPSA) is 49.9 Å². The maximum atomic E-state index is 13.6. The lowest BCUT2D eigenvalue weighted by molar-refractivity contribution is 0.0745. The zero-order chi connectivity index (χ0) is 13.2. The number of halogens is 1. The number of aryl methyl sites for hydroxylation is 1. The van der Waals surface area contributed by atoms with E-state index in [1.165, 1.54) is 6.07 Å². The molecule has 1 atom stereocenters. The third-order valence-electron chi connectivity index (χ3n) is 3.33. The van der Waals surface area contributed by atoms with Crippen LogP contribution in [0.1, 0.15) is 17.4 Å². The standard InChI is InChI=1S/C14H16FN3O/c1-9-2-3-10(6-11(9)15)12-7-17-14(18-12)13-8-19-5-4-16-13/h2-3,6-7,13,16H,4-5,8H2,1H3,(H,17,18). The number of imidazole rings is 1. The molecule has 0 radical (unpaired) electrons. The number of H-pyrrole nitrogens is 1. The minimum Gasteiger partial charge on any atom is -0.378 e. The summed E-state index contributed by atoms with van der Waals surface area (Å²) in [5, 5.41) is 3.33. The Labute approximate surface area is 111 Å². The van der Waals surface area contributed by atoms with Gasteiger partial charge < -0.3 is 15.0 Å². The van der Waals surface area contributed by atoms with Gasteiger partial charge in [0, 0.05) is 12.1 Å². The zero-order valence-corrected chi connectivity index (χ0v) is 10.7. The number of ether oxygens (including phenoxy) is 1. The molecule has 1 saturated heterocycles. The van der Waals surface area contributed by atoms with E-state index in [-0.39, 0.29) is 11.9 Å². The predicted molar refractivity (Wildman–Crippen MR) is 70.3 cm³/mol. The molecule has 0 amide bonds. The Balaban J connectivity index is 1.85. The van der Waals surface area contributed by atoms with Gasteiger partial charge in [0.25, 0.3) is 0 Å². The van der Waals surface area contributed by atoms with Gasteiger partial charge in [-0.3, -0.25) is 0 Å². The molecule has 5 heteroatoms. The molecule has 3 rings (SSSR count). The van der Waals surface area contributed by atoms with E-state index in [1.807, 2.05) is 6.07 Å². The fourth-order valence-electron chi connectivity index (χ4n) is 2.16. The van der Waals surface area contributed by atoms with Crippen molar-refractivity contribution in [3.05, 3.63) is 41.6 Å². The summed E-state index contributed by atoms with van der Waals surface area (Å²) in [6, 6.07) is 5.27. The highest BCUT2D eigenvalue weighted by molar-refractivity contribution is 5.59. The quantitative estimate of drug-likeness (QED) is 0.871. The fraction of sp³-hybridized carbons (Fsp3) is 0.357. The van der Waals surface area contributed by atoms with Crippen LogP contribution in [0.25, 0.3) is 11.3 Å². The van der Waals surface area contributed by atoms with Gasteiger partial charge in [0.2, 0.25) is 0 Å².